The highest BCUT2D eigenvalue weighted by molar-refractivity contribution is 7.99. The third kappa shape index (κ3) is 2.66. The molecule has 0 atom stereocenters. The van der Waals surface area contributed by atoms with Gasteiger partial charge >= 0.3 is 0 Å². The molecule has 0 unspecified atom stereocenters. The van der Waals surface area contributed by atoms with Gasteiger partial charge in [-0.2, -0.15) is 0 Å². The fraction of sp³-hybridized carbons (Fsp3) is 0.500. The smallest absolute Gasteiger partial charge is 0.171 e. The Kier molecular flexibility index (Phi) is 4.04. The van der Waals surface area contributed by atoms with Crippen LogP contribution in [0.15, 0.2) is 4.90 Å². The first-order valence-corrected chi connectivity index (χ1v) is 6.75. The van der Waals surface area contributed by atoms with Crippen molar-refractivity contribution in [1.82, 2.24) is 0 Å². The van der Waals surface area contributed by atoms with E-state index in [1.165, 1.54) is 11.3 Å². The summed E-state index contributed by atoms with van der Waals surface area (Å²) in [7, 11) is 0. The molecule has 5 heteroatoms. The lowest BCUT2D eigenvalue weighted by molar-refractivity contribution is 0.102. The standard InChI is InChI=1S/C10H16N2OS2/c1-5(2)12-10-9(14-4)7(11)8(15-10)6(3)13/h5,12H,11H2,1-4H3. The van der Waals surface area contributed by atoms with Gasteiger partial charge in [0, 0.05) is 13.0 Å². The van der Waals surface area contributed by atoms with Crippen molar-refractivity contribution >= 4 is 39.6 Å². The molecule has 1 heterocycles. The summed E-state index contributed by atoms with van der Waals surface area (Å²) in [5.41, 5.74) is 6.53. The summed E-state index contributed by atoms with van der Waals surface area (Å²) in [6.45, 7) is 5.67. The Bertz CT molecular complexity index is 372. The molecule has 0 saturated carbocycles. The summed E-state index contributed by atoms with van der Waals surface area (Å²) in [6.07, 6.45) is 1.97. The summed E-state index contributed by atoms with van der Waals surface area (Å²) in [6, 6.07) is 0.341. The number of nitrogens with one attached hydrogen (secondary N) is 1. The lowest BCUT2D eigenvalue weighted by Gasteiger charge is -2.08. The fourth-order valence-corrected chi connectivity index (χ4v) is 3.31. The highest BCUT2D eigenvalue weighted by Gasteiger charge is 2.18. The van der Waals surface area contributed by atoms with Crippen molar-refractivity contribution in [1.29, 1.82) is 0 Å². The Labute approximate surface area is 98.4 Å². The average molecular weight is 244 g/mol. The van der Waals surface area contributed by atoms with E-state index < -0.39 is 0 Å². The zero-order chi connectivity index (χ0) is 11.6. The molecule has 3 nitrogen and oxygen atoms in total. The second kappa shape index (κ2) is 4.90. The quantitative estimate of drug-likeness (QED) is 0.631. The maximum absolute atomic E-state index is 11.3. The van der Waals surface area contributed by atoms with Crippen molar-refractivity contribution in [2.75, 3.05) is 17.3 Å². The van der Waals surface area contributed by atoms with Crippen LogP contribution < -0.4 is 11.1 Å². The summed E-state index contributed by atoms with van der Waals surface area (Å²) >= 11 is 3.01. The SMILES string of the molecule is CSc1c(NC(C)C)sc(C(C)=O)c1N. The van der Waals surface area contributed by atoms with E-state index in [2.05, 4.69) is 19.2 Å². The number of thiophene rings is 1. The summed E-state index contributed by atoms with van der Waals surface area (Å²) in [4.78, 5) is 13.0. The zero-order valence-electron chi connectivity index (χ0n) is 9.38. The maximum Gasteiger partial charge on any atom is 0.171 e. The zero-order valence-corrected chi connectivity index (χ0v) is 11.0. The van der Waals surface area contributed by atoms with E-state index in [1.54, 1.807) is 18.7 Å². The monoisotopic (exact) mass is 244 g/mol. The summed E-state index contributed by atoms with van der Waals surface area (Å²) < 4.78 is 0. The van der Waals surface area contributed by atoms with Crippen LogP contribution >= 0.6 is 23.1 Å². The molecule has 15 heavy (non-hydrogen) atoms. The molecular weight excluding hydrogens is 228 g/mol. The van der Waals surface area contributed by atoms with Gasteiger partial charge in [0.1, 0.15) is 5.00 Å². The lowest BCUT2D eigenvalue weighted by atomic mass is 10.3. The van der Waals surface area contributed by atoms with E-state index in [0.29, 0.717) is 16.6 Å². The molecule has 0 radical (unpaired) electrons. The molecule has 0 aliphatic carbocycles. The van der Waals surface area contributed by atoms with E-state index in [-0.39, 0.29) is 5.78 Å². The van der Waals surface area contributed by atoms with E-state index in [9.17, 15) is 4.79 Å². The molecule has 0 aliphatic rings. The number of hydrogen-bond donors (Lipinski definition) is 2. The number of nitrogen functional groups attached to an aromatic ring is 1. The molecule has 0 bridgehead atoms. The topological polar surface area (TPSA) is 55.1 Å². The van der Waals surface area contributed by atoms with Crippen LogP contribution in [0.25, 0.3) is 0 Å². The molecule has 0 amide bonds. The van der Waals surface area contributed by atoms with Crippen molar-refractivity contribution in [2.45, 2.75) is 31.7 Å². The predicted molar refractivity (Wildman–Crippen MR) is 69.3 cm³/mol. The third-order valence-corrected chi connectivity index (χ3v) is 4.04. The molecule has 84 valence electrons. The van der Waals surface area contributed by atoms with Gasteiger partial charge in [-0.1, -0.05) is 0 Å². The highest BCUT2D eigenvalue weighted by atomic mass is 32.2. The molecule has 0 aromatic carbocycles. The molecule has 3 N–H and O–H groups in total. The Hall–Kier alpha value is -0.680. The Morgan fingerprint density at radius 3 is 2.53 bits per heavy atom. The number of thioether (sulfide) groups is 1. The number of carbonyl (C=O) groups is 1. The molecule has 1 aromatic heterocycles. The third-order valence-electron chi connectivity index (χ3n) is 1.84. The van der Waals surface area contributed by atoms with E-state index in [4.69, 9.17) is 5.73 Å². The van der Waals surface area contributed by atoms with Crippen LogP contribution in [0, 0.1) is 0 Å². The first-order chi connectivity index (χ1) is 6.97. The minimum absolute atomic E-state index is 0.0320. The average Bonchev–Trinajstić information content (AvgIpc) is 2.41. The molecule has 0 aliphatic heterocycles. The largest absolute Gasteiger partial charge is 0.396 e. The van der Waals surface area contributed by atoms with Crippen molar-refractivity contribution in [3.05, 3.63) is 4.88 Å². The van der Waals surface area contributed by atoms with Crippen LogP contribution in [0.2, 0.25) is 0 Å². The van der Waals surface area contributed by atoms with E-state index in [1.807, 2.05) is 6.26 Å². The number of hydrogen-bond acceptors (Lipinski definition) is 5. The fourth-order valence-electron chi connectivity index (χ4n) is 1.25. The number of ketones is 1. The molecule has 0 spiro atoms. The minimum Gasteiger partial charge on any atom is -0.396 e. The lowest BCUT2D eigenvalue weighted by Crippen LogP contribution is -2.08. The number of carbonyl (C=O) groups excluding carboxylic acids is 1. The number of nitrogens with two attached hydrogens (primary N) is 1. The number of rotatable bonds is 4. The van der Waals surface area contributed by atoms with Gasteiger partial charge in [0.05, 0.1) is 15.5 Å². The number of Topliss-reactive ketones (excluding diaryl/α,β-unsaturated/α-hetero) is 1. The van der Waals surface area contributed by atoms with Crippen LogP contribution in [-0.2, 0) is 0 Å². The van der Waals surface area contributed by atoms with E-state index in [0.717, 1.165) is 9.90 Å². The van der Waals surface area contributed by atoms with Gasteiger partial charge in [-0.25, -0.2) is 0 Å². The van der Waals surface area contributed by atoms with Gasteiger partial charge in [0.2, 0.25) is 0 Å². The minimum atomic E-state index is 0.0320. The van der Waals surface area contributed by atoms with Crippen molar-refractivity contribution in [3.8, 4) is 0 Å². The van der Waals surface area contributed by atoms with Crippen molar-refractivity contribution in [3.63, 3.8) is 0 Å². The molecule has 1 aromatic rings. The van der Waals surface area contributed by atoms with E-state index >= 15 is 0 Å². The molecule has 0 saturated heterocycles. The Morgan fingerprint density at radius 2 is 2.13 bits per heavy atom. The van der Waals surface area contributed by atoms with Crippen LogP contribution in [-0.4, -0.2) is 18.1 Å². The highest BCUT2D eigenvalue weighted by Crippen LogP contribution is 2.41. The molecule has 0 fully saturated rings. The normalized spacial score (nSPS) is 10.7. The summed E-state index contributed by atoms with van der Waals surface area (Å²) in [5.74, 6) is 0.0320. The first-order valence-electron chi connectivity index (χ1n) is 4.71. The van der Waals surface area contributed by atoms with Crippen LogP contribution in [0.4, 0.5) is 10.7 Å². The second-order valence-electron chi connectivity index (χ2n) is 3.56. The van der Waals surface area contributed by atoms with Crippen LogP contribution in [0.5, 0.6) is 0 Å². The predicted octanol–water partition coefficient (Wildman–Crippen LogP) is 3.08. The van der Waals surface area contributed by atoms with Crippen molar-refractivity contribution in [2.24, 2.45) is 0 Å². The summed E-state index contributed by atoms with van der Waals surface area (Å²) in [5, 5.41) is 4.31. The molecule has 1 rings (SSSR count). The van der Waals surface area contributed by atoms with Crippen LogP contribution in [0.3, 0.4) is 0 Å². The van der Waals surface area contributed by atoms with Gasteiger partial charge in [-0.15, -0.1) is 23.1 Å². The number of anilines is 2. The Balaban J connectivity index is 3.15. The molecular formula is C10H16N2OS2. The first kappa shape index (κ1) is 12.4. The van der Waals surface area contributed by atoms with Gasteiger partial charge in [0.25, 0.3) is 0 Å². The van der Waals surface area contributed by atoms with Crippen LogP contribution in [0.1, 0.15) is 30.4 Å². The van der Waals surface area contributed by atoms with Crippen molar-refractivity contribution < 1.29 is 4.79 Å². The second-order valence-corrected chi connectivity index (χ2v) is 5.40. The van der Waals surface area contributed by atoms with Gasteiger partial charge in [-0.3, -0.25) is 4.79 Å². The van der Waals surface area contributed by atoms with Gasteiger partial charge in [0.15, 0.2) is 5.78 Å². The van der Waals surface area contributed by atoms with Gasteiger partial charge in [-0.05, 0) is 20.1 Å². The Morgan fingerprint density at radius 1 is 1.53 bits per heavy atom. The maximum atomic E-state index is 11.3. The van der Waals surface area contributed by atoms with Gasteiger partial charge < -0.3 is 11.1 Å².